The van der Waals surface area contributed by atoms with E-state index in [9.17, 15) is 4.79 Å². The van der Waals surface area contributed by atoms with Crippen molar-refractivity contribution < 1.29 is 19.4 Å². The molecule has 0 aromatic rings. The molecule has 0 unspecified atom stereocenters. The van der Waals surface area contributed by atoms with Crippen LogP contribution in [0.15, 0.2) is 23.9 Å². The second-order valence-electron chi connectivity index (χ2n) is 11.5. The molecule has 1 amide bonds. The molecule has 204 valence electrons. The van der Waals surface area contributed by atoms with Gasteiger partial charge in [-0.15, -0.1) is 0 Å². The summed E-state index contributed by atoms with van der Waals surface area (Å²) >= 11 is 0. The highest BCUT2D eigenvalue weighted by Crippen LogP contribution is 2.30. The van der Waals surface area contributed by atoms with Gasteiger partial charge in [0.05, 0.1) is 25.4 Å². The molecule has 2 aliphatic rings. The SMILES string of the molecule is C=C(/C=C(\C)NC(=O)C(C)(C)N(C)CC1CCOCC1)C(C)(C)COCCO.CCCC1CCC1. The average molecular weight is 495 g/mol. The number of hydrogen-bond acceptors (Lipinski definition) is 5. The van der Waals surface area contributed by atoms with Crippen molar-refractivity contribution in [2.24, 2.45) is 17.3 Å². The number of amides is 1. The van der Waals surface area contributed by atoms with Crippen molar-refractivity contribution in [2.45, 2.75) is 92.0 Å². The van der Waals surface area contributed by atoms with E-state index in [0.717, 1.165) is 49.8 Å². The molecule has 1 aliphatic heterocycles. The first-order valence-electron chi connectivity index (χ1n) is 13.6. The number of aliphatic hydroxyl groups is 1. The zero-order valence-electron chi connectivity index (χ0n) is 23.8. The van der Waals surface area contributed by atoms with Crippen molar-refractivity contribution in [3.63, 3.8) is 0 Å². The van der Waals surface area contributed by atoms with Crippen LogP contribution in [0.2, 0.25) is 0 Å². The van der Waals surface area contributed by atoms with Gasteiger partial charge in [0.15, 0.2) is 0 Å². The van der Waals surface area contributed by atoms with E-state index in [2.05, 4.69) is 23.7 Å². The number of allylic oxidation sites excluding steroid dienone is 2. The van der Waals surface area contributed by atoms with Crippen molar-refractivity contribution in [1.82, 2.24) is 10.2 Å². The van der Waals surface area contributed by atoms with Crippen LogP contribution in [0.5, 0.6) is 0 Å². The molecule has 1 aliphatic carbocycles. The Morgan fingerprint density at radius 1 is 1.17 bits per heavy atom. The second kappa shape index (κ2) is 15.8. The van der Waals surface area contributed by atoms with E-state index in [1.165, 1.54) is 32.1 Å². The van der Waals surface area contributed by atoms with Crippen LogP contribution in [-0.2, 0) is 14.3 Å². The lowest BCUT2D eigenvalue weighted by molar-refractivity contribution is -0.130. The third-order valence-electron chi connectivity index (χ3n) is 7.57. The van der Waals surface area contributed by atoms with Gasteiger partial charge >= 0.3 is 0 Å². The molecule has 6 nitrogen and oxygen atoms in total. The monoisotopic (exact) mass is 494 g/mol. The highest BCUT2D eigenvalue weighted by Gasteiger charge is 2.34. The standard InChI is InChI=1S/C22H40N2O4.C7H14/c1-17(21(3,4)16-28-13-10-25)14-18(2)23-20(26)22(5,6)24(7)15-19-8-11-27-12-9-19;1-2-4-7-5-3-6-7/h14,19,25H,1,8-13,15-16H2,2-7H3,(H,23,26);7H,2-6H2,1H3/b18-14+;. The van der Waals surface area contributed by atoms with Crippen LogP contribution in [0.25, 0.3) is 0 Å². The van der Waals surface area contributed by atoms with E-state index in [1.807, 2.05) is 47.7 Å². The number of likely N-dealkylation sites (N-methyl/N-ethyl adjacent to an activating group) is 1. The Kier molecular flexibility index (Phi) is 14.4. The lowest BCUT2D eigenvalue weighted by atomic mass is 9.82. The number of aliphatic hydroxyl groups excluding tert-OH is 1. The third kappa shape index (κ3) is 11.6. The molecule has 35 heavy (non-hydrogen) atoms. The minimum Gasteiger partial charge on any atom is -0.394 e. The summed E-state index contributed by atoms with van der Waals surface area (Å²) in [5, 5.41) is 11.9. The third-order valence-corrected chi connectivity index (χ3v) is 7.57. The molecule has 0 aromatic carbocycles. The zero-order chi connectivity index (χ0) is 26.5. The number of nitrogens with one attached hydrogen (secondary N) is 1. The van der Waals surface area contributed by atoms with Crippen LogP contribution in [0.1, 0.15) is 86.5 Å². The molecule has 2 N–H and O–H groups in total. The molecular weight excluding hydrogens is 440 g/mol. The Morgan fingerprint density at radius 2 is 1.80 bits per heavy atom. The normalized spacial score (nSPS) is 18.0. The largest absolute Gasteiger partial charge is 0.394 e. The molecule has 2 rings (SSSR count). The molecule has 6 heteroatoms. The number of rotatable bonds is 13. The van der Waals surface area contributed by atoms with E-state index < -0.39 is 5.54 Å². The van der Waals surface area contributed by atoms with Gasteiger partial charge in [-0.2, -0.15) is 0 Å². The predicted octanol–water partition coefficient (Wildman–Crippen LogP) is 5.32. The van der Waals surface area contributed by atoms with Crippen LogP contribution in [-0.4, -0.2) is 68.1 Å². The molecule has 0 spiro atoms. The van der Waals surface area contributed by atoms with Gasteiger partial charge in [0, 0.05) is 30.9 Å². The number of carbonyl (C=O) groups excluding carboxylic acids is 1. The van der Waals surface area contributed by atoms with Gasteiger partial charge in [0.25, 0.3) is 0 Å². The molecule has 1 saturated carbocycles. The molecule has 2 fully saturated rings. The van der Waals surface area contributed by atoms with Crippen molar-refractivity contribution in [1.29, 1.82) is 0 Å². The molecule has 1 saturated heterocycles. The molecule has 1 heterocycles. The summed E-state index contributed by atoms with van der Waals surface area (Å²) in [5.74, 6) is 1.67. The minimum absolute atomic E-state index is 0.00393. The van der Waals surface area contributed by atoms with Gasteiger partial charge < -0.3 is 19.9 Å². The Labute approximate surface area is 215 Å². The first-order chi connectivity index (χ1) is 16.4. The molecule has 0 aromatic heterocycles. The average Bonchev–Trinajstić information content (AvgIpc) is 2.77. The fourth-order valence-corrected chi connectivity index (χ4v) is 4.22. The number of ether oxygens (including phenoxy) is 2. The maximum absolute atomic E-state index is 12.9. The predicted molar refractivity (Wildman–Crippen MR) is 145 cm³/mol. The van der Waals surface area contributed by atoms with Gasteiger partial charge in [-0.05, 0) is 64.1 Å². The van der Waals surface area contributed by atoms with E-state index >= 15 is 0 Å². The highest BCUT2D eigenvalue weighted by molar-refractivity contribution is 5.86. The smallest absolute Gasteiger partial charge is 0.244 e. The van der Waals surface area contributed by atoms with E-state index in [-0.39, 0.29) is 17.9 Å². The van der Waals surface area contributed by atoms with Crippen LogP contribution in [0, 0.1) is 17.3 Å². The summed E-state index contributed by atoms with van der Waals surface area (Å²) in [4.78, 5) is 15.0. The van der Waals surface area contributed by atoms with Crippen LogP contribution >= 0.6 is 0 Å². The maximum atomic E-state index is 12.9. The van der Waals surface area contributed by atoms with Gasteiger partial charge in [-0.1, -0.05) is 59.5 Å². The van der Waals surface area contributed by atoms with Gasteiger partial charge in [-0.3, -0.25) is 9.69 Å². The van der Waals surface area contributed by atoms with Crippen molar-refractivity contribution in [3.05, 3.63) is 23.9 Å². The minimum atomic E-state index is -0.617. The van der Waals surface area contributed by atoms with E-state index in [4.69, 9.17) is 14.6 Å². The van der Waals surface area contributed by atoms with Gasteiger partial charge in [0.2, 0.25) is 5.91 Å². The van der Waals surface area contributed by atoms with Crippen LogP contribution in [0.4, 0.5) is 0 Å². The summed E-state index contributed by atoms with van der Waals surface area (Å²) in [6.07, 6.45) is 11.4. The maximum Gasteiger partial charge on any atom is 0.244 e. The first kappa shape index (κ1) is 31.8. The van der Waals surface area contributed by atoms with Crippen molar-refractivity contribution in [3.8, 4) is 0 Å². The van der Waals surface area contributed by atoms with Gasteiger partial charge in [-0.25, -0.2) is 0 Å². The summed E-state index contributed by atoms with van der Waals surface area (Å²) in [5.41, 5.74) is 0.736. The van der Waals surface area contributed by atoms with E-state index in [1.54, 1.807) is 0 Å². The fraction of sp³-hybridized carbons (Fsp3) is 0.828. The molecule has 0 radical (unpaired) electrons. The highest BCUT2D eigenvalue weighted by atomic mass is 16.5. The second-order valence-corrected chi connectivity index (χ2v) is 11.5. The van der Waals surface area contributed by atoms with Crippen molar-refractivity contribution in [2.75, 3.05) is 46.6 Å². The molecular formula is C29H54N2O4. The molecule has 0 bridgehead atoms. The number of nitrogens with zero attached hydrogens (tertiary/aromatic N) is 1. The fourth-order valence-electron chi connectivity index (χ4n) is 4.22. The Bertz CT molecular complexity index is 662. The topological polar surface area (TPSA) is 71.0 Å². The number of hydrogen-bond donors (Lipinski definition) is 2. The van der Waals surface area contributed by atoms with E-state index in [0.29, 0.717) is 19.1 Å². The van der Waals surface area contributed by atoms with Gasteiger partial charge in [0.1, 0.15) is 0 Å². The Balaban J connectivity index is 0.000000744. The lowest BCUT2D eigenvalue weighted by Gasteiger charge is -2.37. The zero-order valence-corrected chi connectivity index (χ0v) is 23.8. The number of carbonyl (C=O) groups is 1. The summed E-state index contributed by atoms with van der Waals surface area (Å²) in [6, 6.07) is 0. The Hall–Kier alpha value is -1.21. The van der Waals surface area contributed by atoms with Crippen LogP contribution in [0.3, 0.4) is 0 Å². The summed E-state index contributed by atoms with van der Waals surface area (Å²) in [7, 11) is 2.01. The quantitative estimate of drug-likeness (QED) is 0.268. The summed E-state index contributed by atoms with van der Waals surface area (Å²) in [6.45, 7) is 19.5. The Morgan fingerprint density at radius 3 is 2.29 bits per heavy atom. The molecule has 0 atom stereocenters. The summed E-state index contributed by atoms with van der Waals surface area (Å²) < 4.78 is 10.9. The van der Waals surface area contributed by atoms with Crippen LogP contribution < -0.4 is 5.32 Å². The van der Waals surface area contributed by atoms with Crippen molar-refractivity contribution >= 4 is 5.91 Å². The lowest BCUT2D eigenvalue weighted by Crippen LogP contribution is -2.54. The first-order valence-corrected chi connectivity index (χ1v) is 13.6.